The monoisotopic (exact) mass is 354 g/mol. The number of aryl methyl sites for hydroxylation is 1. The van der Waals surface area contributed by atoms with E-state index >= 15 is 0 Å². The number of ether oxygens (including phenoxy) is 2. The highest BCUT2D eigenvalue weighted by Crippen LogP contribution is 2.31. The molecule has 1 aliphatic rings. The van der Waals surface area contributed by atoms with Gasteiger partial charge in [0.15, 0.2) is 11.5 Å². The van der Waals surface area contributed by atoms with Crippen LogP contribution in [0, 0.1) is 6.92 Å². The van der Waals surface area contributed by atoms with E-state index in [2.05, 4.69) is 10.6 Å². The smallest absolute Gasteiger partial charge is 0.233 e. The molecule has 6 heteroatoms. The van der Waals surface area contributed by atoms with Crippen LogP contribution in [-0.4, -0.2) is 31.1 Å². The molecule has 0 fully saturated rings. The Kier molecular flexibility index (Phi) is 5.73. The highest BCUT2D eigenvalue weighted by molar-refractivity contribution is 6.03. The lowest BCUT2D eigenvalue weighted by atomic mass is 10.2. The molecule has 2 aromatic rings. The van der Waals surface area contributed by atoms with Crippen molar-refractivity contribution in [2.45, 2.75) is 25.9 Å². The van der Waals surface area contributed by atoms with E-state index in [-0.39, 0.29) is 24.3 Å². The fourth-order valence-corrected chi connectivity index (χ4v) is 2.63. The van der Waals surface area contributed by atoms with Gasteiger partial charge in [-0.05, 0) is 31.2 Å². The van der Waals surface area contributed by atoms with Gasteiger partial charge in [0.1, 0.15) is 19.1 Å². The first-order valence-corrected chi connectivity index (χ1v) is 8.62. The fraction of sp³-hybridized carbons (Fsp3) is 0.300. The summed E-state index contributed by atoms with van der Waals surface area (Å²) in [6.07, 6.45) is 0.282. The predicted octanol–water partition coefficient (Wildman–Crippen LogP) is 2.67. The summed E-state index contributed by atoms with van der Waals surface area (Å²) >= 11 is 0. The number of rotatable bonds is 6. The van der Waals surface area contributed by atoms with E-state index in [1.54, 1.807) is 0 Å². The molecule has 0 aliphatic carbocycles. The van der Waals surface area contributed by atoms with Crippen molar-refractivity contribution < 1.29 is 19.1 Å². The van der Waals surface area contributed by atoms with Gasteiger partial charge >= 0.3 is 0 Å². The highest BCUT2D eigenvalue weighted by Gasteiger charge is 2.20. The first-order chi connectivity index (χ1) is 12.6. The second kappa shape index (κ2) is 8.38. The number of hydrogen-bond acceptors (Lipinski definition) is 4. The Morgan fingerprint density at radius 2 is 1.77 bits per heavy atom. The molecule has 1 aliphatic heterocycles. The molecule has 26 heavy (non-hydrogen) atoms. The third-order valence-corrected chi connectivity index (χ3v) is 4.01. The van der Waals surface area contributed by atoms with Gasteiger partial charge in [-0.25, -0.2) is 0 Å². The van der Waals surface area contributed by atoms with Crippen molar-refractivity contribution in [2.24, 2.45) is 0 Å². The SMILES string of the molecule is Cc1ccc(NC(=O)CC(=O)NCC[C@H]2COc3ccccc3O2)cc1. The van der Waals surface area contributed by atoms with Gasteiger partial charge in [0.25, 0.3) is 0 Å². The Morgan fingerprint density at radius 1 is 1.04 bits per heavy atom. The molecular weight excluding hydrogens is 332 g/mol. The number of fused-ring (bicyclic) bond motifs is 1. The van der Waals surface area contributed by atoms with Crippen molar-refractivity contribution in [2.75, 3.05) is 18.5 Å². The molecule has 136 valence electrons. The van der Waals surface area contributed by atoms with Crippen molar-refractivity contribution in [3.8, 4) is 11.5 Å². The van der Waals surface area contributed by atoms with Gasteiger partial charge in [-0.2, -0.15) is 0 Å². The molecule has 1 atom stereocenters. The second-order valence-electron chi connectivity index (χ2n) is 6.23. The largest absolute Gasteiger partial charge is 0.486 e. The molecule has 0 spiro atoms. The van der Waals surface area contributed by atoms with Crippen LogP contribution in [0.1, 0.15) is 18.4 Å². The molecule has 0 saturated carbocycles. The molecule has 3 rings (SSSR count). The van der Waals surface area contributed by atoms with E-state index in [9.17, 15) is 9.59 Å². The number of hydrogen-bond donors (Lipinski definition) is 2. The van der Waals surface area contributed by atoms with Crippen molar-refractivity contribution in [1.82, 2.24) is 5.32 Å². The summed E-state index contributed by atoms with van der Waals surface area (Å²) in [4.78, 5) is 23.8. The average Bonchev–Trinajstić information content (AvgIpc) is 2.63. The molecule has 0 bridgehead atoms. The molecule has 0 aromatic heterocycles. The molecule has 2 amide bonds. The van der Waals surface area contributed by atoms with E-state index in [4.69, 9.17) is 9.47 Å². The van der Waals surface area contributed by atoms with E-state index < -0.39 is 0 Å². The van der Waals surface area contributed by atoms with Gasteiger partial charge < -0.3 is 20.1 Å². The maximum atomic E-state index is 11.9. The summed E-state index contributed by atoms with van der Waals surface area (Å²) in [5.41, 5.74) is 1.79. The second-order valence-corrected chi connectivity index (χ2v) is 6.23. The first-order valence-electron chi connectivity index (χ1n) is 8.62. The minimum atomic E-state index is -0.336. The lowest BCUT2D eigenvalue weighted by Crippen LogP contribution is -2.35. The van der Waals surface area contributed by atoms with Crippen LogP contribution in [0.2, 0.25) is 0 Å². The van der Waals surface area contributed by atoms with Gasteiger partial charge in [0.2, 0.25) is 11.8 Å². The van der Waals surface area contributed by atoms with Crippen molar-refractivity contribution in [3.63, 3.8) is 0 Å². The van der Waals surface area contributed by atoms with Crippen LogP contribution in [0.15, 0.2) is 48.5 Å². The lowest BCUT2D eigenvalue weighted by molar-refractivity contribution is -0.126. The van der Waals surface area contributed by atoms with Crippen molar-refractivity contribution >= 4 is 17.5 Å². The fourth-order valence-electron chi connectivity index (χ4n) is 2.63. The van der Waals surface area contributed by atoms with Crippen LogP contribution >= 0.6 is 0 Å². The number of nitrogens with one attached hydrogen (secondary N) is 2. The number of anilines is 1. The number of carbonyl (C=O) groups excluding carboxylic acids is 2. The molecule has 2 N–H and O–H groups in total. The van der Waals surface area contributed by atoms with E-state index in [1.165, 1.54) is 0 Å². The predicted molar refractivity (Wildman–Crippen MR) is 98.4 cm³/mol. The summed E-state index contributed by atoms with van der Waals surface area (Å²) in [7, 11) is 0. The molecule has 2 aromatic carbocycles. The normalized spacial score (nSPS) is 15.2. The Balaban J connectivity index is 1.36. The quantitative estimate of drug-likeness (QED) is 0.782. The van der Waals surface area contributed by atoms with Gasteiger partial charge in [-0.15, -0.1) is 0 Å². The Labute approximate surface area is 152 Å². The third-order valence-electron chi connectivity index (χ3n) is 4.01. The summed E-state index contributed by atoms with van der Waals surface area (Å²) in [6.45, 7) is 2.84. The standard InChI is InChI=1S/C20H22N2O4/c1-14-6-8-15(9-7-14)22-20(24)12-19(23)21-11-10-16-13-25-17-4-2-3-5-18(17)26-16/h2-9,16H,10-13H2,1H3,(H,21,23)(H,22,24)/t16-/m0/s1. The lowest BCUT2D eigenvalue weighted by Gasteiger charge is -2.26. The number of carbonyl (C=O) groups is 2. The van der Waals surface area contributed by atoms with E-state index in [1.807, 2.05) is 55.5 Å². The zero-order valence-electron chi connectivity index (χ0n) is 14.7. The maximum absolute atomic E-state index is 11.9. The summed E-state index contributed by atoms with van der Waals surface area (Å²) in [5.74, 6) is 0.803. The summed E-state index contributed by atoms with van der Waals surface area (Å²) < 4.78 is 11.5. The van der Waals surface area contributed by atoms with Gasteiger partial charge in [-0.3, -0.25) is 9.59 Å². The number of benzene rings is 2. The average molecular weight is 354 g/mol. The third kappa shape index (κ3) is 4.99. The maximum Gasteiger partial charge on any atom is 0.233 e. The topological polar surface area (TPSA) is 76.7 Å². The van der Waals surface area contributed by atoms with Crippen LogP contribution in [0.5, 0.6) is 11.5 Å². The van der Waals surface area contributed by atoms with Crippen LogP contribution in [0.4, 0.5) is 5.69 Å². The number of para-hydroxylation sites is 2. The molecular formula is C20H22N2O4. The molecule has 1 heterocycles. The summed E-state index contributed by atoms with van der Waals surface area (Å²) in [6, 6.07) is 14.9. The van der Waals surface area contributed by atoms with Crippen LogP contribution < -0.4 is 20.1 Å². The Hall–Kier alpha value is -3.02. The van der Waals surface area contributed by atoms with E-state index in [0.717, 1.165) is 11.3 Å². The first kappa shape index (κ1) is 17.8. The Morgan fingerprint density at radius 3 is 2.54 bits per heavy atom. The minimum absolute atomic E-state index is 0.119. The zero-order chi connectivity index (χ0) is 18.4. The van der Waals surface area contributed by atoms with E-state index in [0.29, 0.717) is 31.0 Å². The van der Waals surface area contributed by atoms with Gasteiger partial charge in [-0.1, -0.05) is 29.8 Å². The molecule has 6 nitrogen and oxygen atoms in total. The summed E-state index contributed by atoms with van der Waals surface area (Å²) in [5, 5.41) is 5.45. The van der Waals surface area contributed by atoms with Crippen molar-refractivity contribution in [1.29, 1.82) is 0 Å². The molecule has 0 saturated heterocycles. The molecule has 0 radical (unpaired) electrons. The minimum Gasteiger partial charge on any atom is -0.486 e. The number of amides is 2. The van der Waals surface area contributed by atoms with Crippen LogP contribution in [0.3, 0.4) is 0 Å². The van der Waals surface area contributed by atoms with Gasteiger partial charge in [0.05, 0.1) is 0 Å². The van der Waals surface area contributed by atoms with Crippen molar-refractivity contribution in [3.05, 3.63) is 54.1 Å². The van der Waals surface area contributed by atoms with Gasteiger partial charge in [0, 0.05) is 18.7 Å². The molecule has 0 unspecified atom stereocenters. The zero-order valence-corrected chi connectivity index (χ0v) is 14.7. The highest BCUT2D eigenvalue weighted by atomic mass is 16.6. The van der Waals surface area contributed by atoms with Crippen LogP contribution in [-0.2, 0) is 9.59 Å². The van der Waals surface area contributed by atoms with Crippen LogP contribution in [0.25, 0.3) is 0 Å². The Bertz CT molecular complexity index is 774.